The van der Waals surface area contributed by atoms with Crippen LogP contribution in [0.4, 0.5) is 0 Å². The lowest BCUT2D eigenvalue weighted by atomic mass is 10.1. The molecule has 0 spiro atoms. The molecule has 0 saturated heterocycles. The molecule has 0 aliphatic rings. The van der Waals surface area contributed by atoms with E-state index in [1.165, 1.54) is 0 Å². The van der Waals surface area contributed by atoms with E-state index in [9.17, 15) is 0 Å². The van der Waals surface area contributed by atoms with Crippen LogP contribution in [-0.2, 0) is 0 Å². The molecule has 1 unspecified atom stereocenters. The topological polar surface area (TPSA) is 41.6 Å². The lowest BCUT2D eigenvalue weighted by molar-refractivity contribution is 0.529. The summed E-state index contributed by atoms with van der Waals surface area (Å²) < 4.78 is 1.86. The van der Waals surface area contributed by atoms with Gasteiger partial charge < -0.3 is 0 Å². The first-order chi connectivity index (χ1) is 7.81. The summed E-state index contributed by atoms with van der Waals surface area (Å²) in [5.74, 6) is 0. The van der Waals surface area contributed by atoms with Gasteiger partial charge in [0.1, 0.15) is 0 Å². The van der Waals surface area contributed by atoms with Gasteiger partial charge in [-0.3, -0.25) is 4.68 Å². The molecule has 0 aliphatic heterocycles. The van der Waals surface area contributed by atoms with Crippen molar-refractivity contribution < 1.29 is 0 Å². The van der Waals surface area contributed by atoms with Gasteiger partial charge in [0, 0.05) is 6.20 Å². The Morgan fingerprint density at radius 2 is 2.06 bits per heavy atom. The maximum Gasteiger partial charge on any atom is 0.0898 e. The zero-order valence-corrected chi connectivity index (χ0v) is 9.17. The van der Waals surface area contributed by atoms with E-state index in [4.69, 9.17) is 5.26 Å². The third-order valence-electron chi connectivity index (χ3n) is 2.53. The van der Waals surface area contributed by atoms with E-state index < -0.39 is 0 Å². The van der Waals surface area contributed by atoms with Gasteiger partial charge in [-0.25, -0.2) is 0 Å². The SMILES string of the molecule is Cc1ccn(C(CC#N)c2ccccc2)n1. The Kier molecular flexibility index (Phi) is 3.02. The molecule has 16 heavy (non-hydrogen) atoms. The first-order valence-corrected chi connectivity index (χ1v) is 5.25. The van der Waals surface area contributed by atoms with Gasteiger partial charge in [0.05, 0.1) is 24.2 Å². The molecule has 80 valence electrons. The van der Waals surface area contributed by atoms with Crippen LogP contribution < -0.4 is 0 Å². The van der Waals surface area contributed by atoms with E-state index in [0.717, 1.165) is 11.3 Å². The van der Waals surface area contributed by atoms with E-state index in [0.29, 0.717) is 6.42 Å². The van der Waals surface area contributed by atoms with E-state index in [1.807, 2.05) is 54.2 Å². The van der Waals surface area contributed by atoms with Crippen molar-refractivity contribution in [2.75, 3.05) is 0 Å². The standard InChI is InChI=1S/C13H13N3/c1-11-8-10-16(15-11)13(7-9-14)12-5-3-2-4-6-12/h2-6,8,10,13H,7H2,1H3. The largest absolute Gasteiger partial charge is 0.264 e. The van der Waals surface area contributed by atoms with Crippen molar-refractivity contribution in [3.05, 3.63) is 53.9 Å². The Bertz CT molecular complexity index is 493. The molecule has 0 N–H and O–H groups in total. The van der Waals surface area contributed by atoms with Crippen LogP contribution in [0.15, 0.2) is 42.6 Å². The summed E-state index contributed by atoms with van der Waals surface area (Å²) in [7, 11) is 0. The molecular weight excluding hydrogens is 198 g/mol. The average molecular weight is 211 g/mol. The zero-order valence-electron chi connectivity index (χ0n) is 9.17. The molecule has 3 heteroatoms. The normalized spacial score (nSPS) is 12.0. The Morgan fingerprint density at radius 1 is 1.31 bits per heavy atom. The minimum Gasteiger partial charge on any atom is -0.264 e. The summed E-state index contributed by atoms with van der Waals surface area (Å²) >= 11 is 0. The van der Waals surface area contributed by atoms with Crippen molar-refractivity contribution in [3.8, 4) is 6.07 Å². The van der Waals surface area contributed by atoms with Crippen LogP contribution in [0.25, 0.3) is 0 Å². The van der Waals surface area contributed by atoms with Crippen molar-refractivity contribution >= 4 is 0 Å². The van der Waals surface area contributed by atoms with E-state index in [2.05, 4.69) is 11.2 Å². The van der Waals surface area contributed by atoms with Crippen molar-refractivity contribution in [3.63, 3.8) is 0 Å². The summed E-state index contributed by atoms with van der Waals surface area (Å²) in [6, 6.07) is 14.2. The maximum atomic E-state index is 8.88. The number of rotatable bonds is 3. The van der Waals surface area contributed by atoms with Crippen molar-refractivity contribution in [2.24, 2.45) is 0 Å². The molecule has 1 aromatic heterocycles. The van der Waals surface area contributed by atoms with Crippen LogP contribution in [-0.4, -0.2) is 9.78 Å². The second kappa shape index (κ2) is 4.63. The van der Waals surface area contributed by atoms with Crippen molar-refractivity contribution in [1.82, 2.24) is 9.78 Å². The number of hydrogen-bond acceptors (Lipinski definition) is 2. The number of benzene rings is 1. The molecular formula is C13H13N3. The lowest BCUT2D eigenvalue weighted by Gasteiger charge is -2.14. The monoisotopic (exact) mass is 211 g/mol. The van der Waals surface area contributed by atoms with E-state index in [1.54, 1.807) is 0 Å². The van der Waals surface area contributed by atoms with E-state index >= 15 is 0 Å². The van der Waals surface area contributed by atoms with Gasteiger partial charge in [-0.2, -0.15) is 10.4 Å². The summed E-state index contributed by atoms with van der Waals surface area (Å²) in [5.41, 5.74) is 2.09. The fraction of sp³-hybridized carbons (Fsp3) is 0.231. The molecule has 0 saturated carbocycles. The smallest absolute Gasteiger partial charge is 0.0898 e. The van der Waals surface area contributed by atoms with Gasteiger partial charge in [0.25, 0.3) is 0 Å². The Balaban J connectivity index is 2.35. The minimum absolute atomic E-state index is 0.0138. The average Bonchev–Trinajstić information content (AvgIpc) is 2.74. The number of aromatic nitrogens is 2. The van der Waals surface area contributed by atoms with Crippen LogP contribution in [0.1, 0.15) is 23.7 Å². The molecule has 0 amide bonds. The third-order valence-corrected chi connectivity index (χ3v) is 2.53. The van der Waals surface area contributed by atoms with Gasteiger partial charge >= 0.3 is 0 Å². The third kappa shape index (κ3) is 2.12. The van der Waals surface area contributed by atoms with Crippen LogP contribution in [0, 0.1) is 18.3 Å². The summed E-state index contributed by atoms with van der Waals surface area (Å²) in [5, 5.41) is 13.2. The number of hydrogen-bond donors (Lipinski definition) is 0. The molecule has 0 aliphatic carbocycles. The van der Waals surface area contributed by atoms with Crippen LogP contribution in [0.5, 0.6) is 0 Å². The molecule has 1 heterocycles. The molecule has 0 bridgehead atoms. The molecule has 1 aromatic carbocycles. The number of nitrogens with zero attached hydrogens (tertiary/aromatic N) is 3. The highest BCUT2D eigenvalue weighted by Gasteiger charge is 2.13. The van der Waals surface area contributed by atoms with Crippen molar-refractivity contribution in [1.29, 1.82) is 5.26 Å². The Morgan fingerprint density at radius 3 is 2.62 bits per heavy atom. The van der Waals surface area contributed by atoms with E-state index in [-0.39, 0.29) is 6.04 Å². The first kappa shape index (κ1) is 10.4. The van der Waals surface area contributed by atoms with Gasteiger partial charge in [-0.1, -0.05) is 30.3 Å². The second-order valence-corrected chi connectivity index (χ2v) is 3.73. The maximum absolute atomic E-state index is 8.88. The quantitative estimate of drug-likeness (QED) is 0.783. The predicted molar refractivity (Wildman–Crippen MR) is 61.8 cm³/mol. The molecule has 0 fully saturated rings. The van der Waals surface area contributed by atoms with Gasteiger partial charge in [0.2, 0.25) is 0 Å². The summed E-state index contributed by atoms with van der Waals surface area (Å²) in [6.07, 6.45) is 2.36. The van der Waals surface area contributed by atoms with Gasteiger partial charge in [-0.15, -0.1) is 0 Å². The molecule has 3 nitrogen and oxygen atoms in total. The summed E-state index contributed by atoms with van der Waals surface area (Å²) in [6.45, 7) is 1.95. The summed E-state index contributed by atoms with van der Waals surface area (Å²) in [4.78, 5) is 0. The van der Waals surface area contributed by atoms with Crippen LogP contribution >= 0.6 is 0 Å². The lowest BCUT2D eigenvalue weighted by Crippen LogP contribution is -2.10. The molecule has 0 radical (unpaired) electrons. The number of nitriles is 1. The first-order valence-electron chi connectivity index (χ1n) is 5.25. The molecule has 2 rings (SSSR count). The second-order valence-electron chi connectivity index (χ2n) is 3.73. The van der Waals surface area contributed by atoms with Crippen LogP contribution in [0.2, 0.25) is 0 Å². The highest BCUT2D eigenvalue weighted by Crippen LogP contribution is 2.20. The van der Waals surface area contributed by atoms with Gasteiger partial charge in [0.15, 0.2) is 0 Å². The zero-order chi connectivity index (χ0) is 11.4. The fourth-order valence-electron chi connectivity index (χ4n) is 1.73. The Labute approximate surface area is 94.9 Å². The molecule has 2 aromatic rings. The highest BCUT2D eigenvalue weighted by molar-refractivity contribution is 5.21. The van der Waals surface area contributed by atoms with Crippen molar-refractivity contribution in [2.45, 2.75) is 19.4 Å². The van der Waals surface area contributed by atoms with Gasteiger partial charge in [-0.05, 0) is 18.6 Å². The number of aryl methyl sites for hydroxylation is 1. The fourth-order valence-corrected chi connectivity index (χ4v) is 1.73. The predicted octanol–water partition coefficient (Wildman–Crippen LogP) is 2.69. The minimum atomic E-state index is 0.0138. The van der Waals surface area contributed by atoms with Crippen LogP contribution in [0.3, 0.4) is 0 Å². The Hall–Kier alpha value is -2.08. The highest BCUT2D eigenvalue weighted by atomic mass is 15.3. The molecule has 1 atom stereocenters.